The van der Waals surface area contributed by atoms with Crippen molar-refractivity contribution in [3.63, 3.8) is 0 Å². The minimum atomic E-state index is -0.731. The Kier molecular flexibility index (Phi) is 5.20. The van der Waals surface area contributed by atoms with E-state index < -0.39 is 11.4 Å². The van der Waals surface area contributed by atoms with Gasteiger partial charge in [-0.3, -0.25) is 4.79 Å². The zero-order valence-corrected chi connectivity index (χ0v) is 12.4. The Bertz CT molecular complexity index is 334. The second-order valence-corrected chi connectivity index (χ2v) is 5.91. The summed E-state index contributed by atoms with van der Waals surface area (Å²) in [6.45, 7) is 9.07. The molecule has 0 aromatic heterocycles. The largest absolute Gasteiger partial charge is 0.481 e. The van der Waals surface area contributed by atoms with E-state index in [4.69, 9.17) is 0 Å². The highest BCUT2D eigenvalue weighted by Crippen LogP contribution is 2.35. The number of amides is 2. The molecule has 0 bridgehead atoms. The highest BCUT2D eigenvalue weighted by Gasteiger charge is 2.40. The van der Waals surface area contributed by atoms with E-state index in [-0.39, 0.29) is 12.1 Å². The lowest BCUT2D eigenvalue weighted by Crippen LogP contribution is -2.51. The van der Waals surface area contributed by atoms with Gasteiger partial charge in [-0.1, -0.05) is 20.8 Å². The van der Waals surface area contributed by atoms with E-state index in [1.165, 1.54) is 0 Å². The van der Waals surface area contributed by atoms with Gasteiger partial charge in [0.1, 0.15) is 0 Å². The maximum atomic E-state index is 12.0. The summed E-state index contributed by atoms with van der Waals surface area (Å²) in [5, 5.41) is 12.3. The lowest BCUT2D eigenvalue weighted by atomic mass is 9.76. The normalized spacial score (nSPS) is 20.2. The second-order valence-electron chi connectivity index (χ2n) is 5.91. The van der Waals surface area contributed by atoms with E-state index in [1.807, 2.05) is 13.8 Å². The molecule has 2 amide bonds. The van der Waals surface area contributed by atoms with Gasteiger partial charge in [0.2, 0.25) is 0 Å². The molecule has 0 spiro atoms. The van der Waals surface area contributed by atoms with Crippen LogP contribution in [0.4, 0.5) is 4.79 Å². The van der Waals surface area contributed by atoms with E-state index >= 15 is 0 Å². The van der Waals surface area contributed by atoms with Crippen molar-refractivity contribution in [1.29, 1.82) is 0 Å². The number of hydrogen-bond acceptors (Lipinski definition) is 2. The Balaban J connectivity index is 2.54. The third-order valence-electron chi connectivity index (χ3n) is 4.49. The molecular formula is C14H26N2O3. The zero-order valence-electron chi connectivity index (χ0n) is 12.4. The SMILES string of the molecule is CCC1(C(=O)O)CCN(C(=O)NC(C)C(C)C)CC1. The molecule has 110 valence electrons. The fraction of sp³-hybridized carbons (Fsp3) is 0.857. The molecule has 5 heteroatoms. The number of nitrogens with one attached hydrogen (secondary N) is 1. The molecule has 1 saturated heterocycles. The van der Waals surface area contributed by atoms with Crippen molar-refractivity contribution in [3.8, 4) is 0 Å². The maximum Gasteiger partial charge on any atom is 0.317 e. The van der Waals surface area contributed by atoms with Crippen molar-refractivity contribution >= 4 is 12.0 Å². The van der Waals surface area contributed by atoms with Crippen molar-refractivity contribution in [2.75, 3.05) is 13.1 Å². The Morgan fingerprint density at radius 1 is 1.26 bits per heavy atom. The number of aliphatic carboxylic acids is 1. The van der Waals surface area contributed by atoms with Crippen LogP contribution in [0.1, 0.15) is 47.0 Å². The molecule has 0 radical (unpaired) electrons. The fourth-order valence-corrected chi connectivity index (χ4v) is 2.31. The molecule has 1 atom stereocenters. The number of rotatable bonds is 4. The van der Waals surface area contributed by atoms with Gasteiger partial charge in [0.15, 0.2) is 0 Å². The summed E-state index contributed by atoms with van der Waals surface area (Å²) in [4.78, 5) is 25.1. The van der Waals surface area contributed by atoms with Gasteiger partial charge in [-0.15, -0.1) is 0 Å². The first-order valence-corrected chi connectivity index (χ1v) is 7.11. The predicted molar refractivity (Wildman–Crippen MR) is 74.0 cm³/mol. The van der Waals surface area contributed by atoms with Crippen molar-refractivity contribution in [2.45, 2.75) is 53.0 Å². The van der Waals surface area contributed by atoms with Crippen LogP contribution in [-0.2, 0) is 4.79 Å². The Labute approximate surface area is 115 Å². The predicted octanol–water partition coefficient (Wildman–Crippen LogP) is 2.32. The third-order valence-corrected chi connectivity index (χ3v) is 4.49. The molecular weight excluding hydrogens is 244 g/mol. The summed E-state index contributed by atoms with van der Waals surface area (Å²) in [5.41, 5.74) is -0.638. The maximum absolute atomic E-state index is 12.0. The van der Waals surface area contributed by atoms with Gasteiger partial charge in [-0.2, -0.15) is 0 Å². The second kappa shape index (κ2) is 6.26. The van der Waals surface area contributed by atoms with Gasteiger partial charge in [-0.25, -0.2) is 4.79 Å². The van der Waals surface area contributed by atoms with E-state index in [0.717, 1.165) is 0 Å². The third kappa shape index (κ3) is 3.61. The quantitative estimate of drug-likeness (QED) is 0.823. The number of piperidine rings is 1. The van der Waals surface area contributed by atoms with Crippen LogP contribution in [0.25, 0.3) is 0 Å². The number of carboxylic acids is 1. The Morgan fingerprint density at radius 3 is 2.16 bits per heavy atom. The van der Waals surface area contributed by atoms with Crippen LogP contribution in [0.15, 0.2) is 0 Å². The molecule has 1 aliphatic heterocycles. The summed E-state index contributed by atoms with van der Waals surface area (Å²) >= 11 is 0. The number of hydrogen-bond donors (Lipinski definition) is 2. The molecule has 1 heterocycles. The molecule has 0 aromatic carbocycles. The van der Waals surface area contributed by atoms with E-state index in [2.05, 4.69) is 19.2 Å². The lowest BCUT2D eigenvalue weighted by molar-refractivity contribution is -0.151. The average Bonchev–Trinajstić information content (AvgIpc) is 2.38. The molecule has 0 aromatic rings. The first kappa shape index (κ1) is 15.8. The Morgan fingerprint density at radius 2 is 1.79 bits per heavy atom. The number of urea groups is 1. The molecule has 19 heavy (non-hydrogen) atoms. The molecule has 0 saturated carbocycles. The number of likely N-dealkylation sites (tertiary alicyclic amines) is 1. The van der Waals surface area contributed by atoms with Gasteiger partial charge < -0.3 is 15.3 Å². The molecule has 2 N–H and O–H groups in total. The lowest BCUT2D eigenvalue weighted by Gasteiger charge is -2.38. The van der Waals surface area contributed by atoms with Crippen LogP contribution >= 0.6 is 0 Å². The first-order valence-electron chi connectivity index (χ1n) is 7.11. The average molecular weight is 270 g/mol. The van der Waals surface area contributed by atoms with Crippen LogP contribution in [0.2, 0.25) is 0 Å². The fourth-order valence-electron chi connectivity index (χ4n) is 2.31. The molecule has 1 fully saturated rings. The summed E-state index contributed by atoms with van der Waals surface area (Å²) in [6.07, 6.45) is 1.71. The smallest absolute Gasteiger partial charge is 0.317 e. The van der Waals surface area contributed by atoms with Gasteiger partial charge in [0.25, 0.3) is 0 Å². The van der Waals surface area contributed by atoms with E-state index in [1.54, 1.807) is 4.90 Å². The van der Waals surface area contributed by atoms with Gasteiger partial charge in [0, 0.05) is 19.1 Å². The van der Waals surface area contributed by atoms with Crippen LogP contribution < -0.4 is 5.32 Å². The van der Waals surface area contributed by atoms with Crippen LogP contribution in [0.5, 0.6) is 0 Å². The molecule has 5 nitrogen and oxygen atoms in total. The van der Waals surface area contributed by atoms with Crippen LogP contribution in [0, 0.1) is 11.3 Å². The van der Waals surface area contributed by atoms with Crippen molar-refractivity contribution < 1.29 is 14.7 Å². The van der Waals surface area contributed by atoms with Crippen molar-refractivity contribution in [2.24, 2.45) is 11.3 Å². The standard InChI is InChI=1S/C14H26N2O3/c1-5-14(12(17)18)6-8-16(9-7-14)13(19)15-11(4)10(2)3/h10-11H,5-9H2,1-4H3,(H,15,19)(H,17,18). The first-order chi connectivity index (χ1) is 8.82. The molecule has 1 rings (SSSR count). The van der Waals surface area contributed by atoms with E-state index in [9.17, 15) is 14.7 Å². The minimum absolute atomic E-state index is 0.0729. The highest BCUT2D eigenvalue weighted by molar-refractivity contribution is 5.77. The summed E-state index contributed by atoms with van der Waals surface area (Å²) in [5.74, 6) is -0.340. The summed E-state index contributed by atoms with van der Waals surface area (Å²) in [7, 11) is 0. The topological polar surface area (TPSA) is 69.6 Å². The minimum Gasteiger partial charge on any atom is -0.481 e. The van der Waals surface area contributed by atoms with Gasteiger partial charge in [-0.05, 0) is 32.1 Å². The van der Waals surface area contributed by atoms with Crippen molar-refractivity contribution in [1.82, 2.24) is 10.2 Å². The zero-order chi connectivity index (χ0) is 14.6. The number of nitrogens with zero attached hydrogens (tertiary/aromatic N) is 1. The number of carbonyl (C=O) groups is 2. The monoisotopic (exact) mass is 270 g/mol. The molecule has 0 aliphatic carbocycles. The van der Waals surface area contributed by atoms with Gasteiger partial charge in [0.05, 0.1) is 5.41 Å². The summed E-state index contributed by atoms with van der Waals surface area (Å²) < 4.78 is 0. The van der Waals surface area contributed by atoms with Crippen LogP contribution in [-0.4, -0.2) is 41.1 Å². The highest BCUT2D eigenvalue weighted by atomic mass is 16.4. The molecule has 1 aliphatic rings. The summed E-state index contributed by atoms with van der Waals surface area (Å²) in [6, 6.07) is 0.0566. The molecule has 1 unspecified atom stereocenters. The number of carbonyl (C=O) groups excluding carboxylic acids is 1. The van der Waals surface area contributed by atoms with E-state index in [0.29, 0.717) is 38.3 Å². The van der Waals surface area contributed by atoms with Gasteiger partial charge >= 0.3 is 12.0 Å². The van der Waals surface area contributed by atoms with Crippen molar-refractivity contribution in [3.05, 3.63) is 0 Å². The Hall–Kier alpha value is -1.26. The van der Waals surface area contributed by atoms with Crippen LogP contribution in [0.3, 0.4) is 0 Å². The number of carboxylic acid groups (broad SMARTS) is 1.